The van der Waals surface area contributed by atoms with E-state index in [0.717, 1.165) is 5.56 Å². The lowest BCUT2D eigenvalue weighted by Gasteiger charge is -2.06. The van der Waals surface area contributed by atoms with E-state index in [4.69, 9.17) is 11.1 Å². The molecule has 0 atom stereocenters. The first-order valence-electron chi connectivity index (χ1n) is 6.39. The topological polar surface area (TPSA) is 125 Å². The zero-order valence-corrected chi connectivity index (χ0v) is 12.4. The van der Waals surface area contributed by atoms with Gasteiger partial charge >= 0.3 is 0 Å². The molecular formula is C13H17N5O2S. The highest BCUT2D eigenvalue weighted by atomic mass is 32.2. The molecule has 5 N–H and O–H groups in total. The number of nitrogens with zero attached hydrogens (tertiary/aromatic N) is 1. The van der Waals surface area contributed by atoms with Gasteiger partial charge in [-0.3, -0.25) is 5.41 Å². The van der Waals surface area contributed by atoms with Crippen LogP contribution >= 0.6 is 0 Å². The number of aromatic amines is 1. The molecule has 2 rings (SSSR count). The number of nitrogen functional groups attached to an aromatic ring is 1. The maximum Gasteiger partial charge on any atom is 0.257 e. The van der Waals surface area contributed by atoms with Gasteiger partial charge in [0, 0.05) is 18.5 Å². The summed E-state index contributed by atoms with van der Waals surface area (Å²) in [7, 11) is -3.63. The first-order chi connectivity index (χ1) is 9.92. The molecule has 0 spiro atoms. The van der Waals surface area contributed by atoms with Crippen LogP contribution in [0.3, 0.4) is 0 Å². The van der Waals surface area contributed by atoms with Crippen molar-refractivity contribution in [2.75, 3.05) is 0 Å². The van der Waals surface area contributed by atoms with Crippen molar-refractivity contribution in [2.24, 2.45) is 5.73 Å². The molecular weight excluding hydrogens is 290 g/mol. The van der Waals surface area contributed by atoms with Crippen LogP contribution in [0, 0.1) is 5.41 Å². The SMILES string of the molecule is CCc1ncc(S(=O)(=O)NCc2cccc(C(=N)N)c2)[nH]1. The number of imidazole rings is 1. The second-order valence-electron chi connectivity index (χ2n) is 4.49. The standard InChI is InChI=1S/C13H17N5O2S/c1-2-11-16-8-12(18-11)21(19,20)17-7-9-4-3-5-10(6-9)13(14)15/h3-6,8,17H,2,7H2,1H3,(H3,14,15)(H,16,18). The van der Waals surface area contributed by atoms with Crippen molar-refractivity contribution in [3.63, 3.8) is 0 Å². The smallest absolute Gasteiger partial charge is 0.257 e. The van der Waals surface area contributed by atoms with E-state index >= 15 is 0 Å². The number of aryl methyl sites for hydroxylation is 1. The van der Waals surface area contributed by atoms with Crippen molar-refractivity contribution in [1.82, 2.24) is 14.7 Å². The Hall–Kier alpha value is -2.19. The minimum atomic E-state index is -3.63. The lowest BCUT2D eigenvalue weighted by Crippen LogP contribution is -2.24. The fourth-order valence-electron chi connectivity index (χ4n) is 1.76. The number of H-pyrrole nitrogens is 1. The van der Waals surface area contributed by atoms with E-state index in [0.29, 0.717) is 17.8 Å². The van der Waals surface area contributed by atoms with Crippen molar-refractivity contribution in [3.8, 4) is 0 Å². The van der Waals surface area contributed by atoms with Crippen LogP contribution in [0.4, 0.5) is 0 Å². The summed E-state index contributed by atoms with van der Waals surface area (Å²) in [5, 5.41) is 7.42. The van der Waals surface area contributed by atoms with Crippen LogP contribution in [0.25, 0.3) is 0 Å². The highest BCUT2D eigenvalue weighted by Crippen LogP contribution is 2.09. The van der Waals surface area contributed by atoms with Gasteiger partial charge in [0.2, 0.25) is 0 Å². The highest BCUT2D eigenvalue weighted by molar-refractivity contribution is 7.89. The molecule has 8 heteroatoms. The lowest BCUT2D eigenvalue weighted by atomic mass is 10.1. The molecule has 0 radical (unpaired) electrons. The van der Waals surface area contributed by atoms with Gasteiger partial charge in [0.25, 0.3) is 10.0 Å². The average Bonchev–Trinajstić information content (AvgIpc) is 2.95. The van der Waals surface area contributed by atoms with Crippen molar-refractivity contribution < 1.29 is 8.42 Å². The van der Waals surface area contributed by atoms with E-state index in [9.17, 15) is 8.42 Å². The monoisotopic (exact) mass is 307 g/mol. The summed E-state index contributed by atoms with van der Waals surface area (Å²) >= 11 is 0. The number of aromatic nitrogens is 2. The summed E-state index contributed by atoms with van der Waals surface area (Å²) in [5.74, 6) is 0.565. The quantitative estimate of drug-likeness (QED) is 0.464. The van der Waals surface area contributed by atoms with Crippen LogP contribution in [-0.2, 0) is 23.0 Å². The third-order valence-corrected chi connectivity index (χ3v) is 4.24. The summed E-state index contributed by atoms with van der Waals surface area (Å²) in [5.41, 5.74) is 6.69. The molecule has 0 aliphatic heterocycles. The number of benzene rings is 1. The maximum absolute atomic E-state index is 12.1. The molecule has 2 aromatic rings. The third kappa shape index (κ3) is 3.67. The Kier molecular flexibility index (Phi) is 4.39. The van der Waals surface area contributed by atoms with Crippen LogP contribution < -0.4 is 10.5 Å². The van der Waals surface area contributed by atoms with Crippen LogP contribution in [0.5, 0.6) is 0 Å². The van der Waals surface area contributed by atoms with Crippen LogP contribution in [0.1, 0.15) is 23.9 Å². The molecule has 0 bridgehead atoms. The molecule has 21 heavy (non-hydrogen) atoms. The van der Waals surface area contributed by atoms with Gasteiger partial charge in [0.1, 0.15) is 11.7 Å². The van der Waals surface area contributed by atoms with E-state index in [1.807, 2.05) is 6.92 Å². The van der Waals surface area contributed by atoms with Gasteiger partial charge < -0.3 is 10.7 Å². The van der Waals surface area contributed by atoms with Crippen molar-refractivity contribution >= 4 is 15.9 Å². The second kappa shape index (κ2) is 6.06. The molecule has 7 nitrogen and oxygen atoms in total. The normalized spacial score (nSPS) is 11.5. The molecule has 1 aromatic heterocycles. The highest BCUT2D eigenvalue weighted by Gasteiger charge is 2.16. The van der Waals surface area contributed by atoms with E-state index < -0.39 is 10.0 Å². The molecule has 0 amide bonds. The molecule has 0 aliphatic carbocycles. The van der Waals surface area contributed by atoms with Gasteiger partial charge in [-0.2, -0.15) is 0 Å². The van der Waals surface area contributed by atoms with Gasteiger partial charge in [-0.25, -0.2) is 18.1 Å². The van der Waals surface area contributed by atoms with Crippen molar-refractivity contribution in [1.29, 1.82) is 5.41 Å². The number of sulfonamides is 1. The Bertz CT molecular complexity index is 751. The van der Waals surface area contributed by atoms with Gasteiger partial charge in [0.05, 0.1) is 6.20 Å². The molecule has 112 valence electrons. The predicted octanol–water partition coefficient (Wildman–Crippen LogP) is 0.735. The van der Waals surface area contributed by atoms with Gasteiger partial charge in [-0.15, -0.1) is 0 Å². The molecule has 0 saturated carbocycles. The Balaban J connectivity index is 2.11. The molecule has 0 aliphatic rings. The maximum atomic E-state index is 12.1. The zero-order chi connectivity index (χ0) is 15.5. The summed E-state index contributed by atoms with van der Waals surface area (Å²) in [4.78, 5) is 6.73. The molecule has 0 fully saturated rings. The number of rotatable bonds is 6. The molecule has 1 heterocycles. The van der Waals surface area contributed by atoms with Crippen LogP contribution in [0.2, 0.25) is 0 Å². The number of nitrogens with two attached hydrogens (primary N) is 1. The minimum Gasteiger partial charge on any atom is -0.384 e. The number of hydrogen-bond acceptors (Lipinski definition) is 4. The second-order valence-corrected chi connectivity index (χ2v) is 6.22. The molecule has 0 unspecified atom stereocenters. The van der Waals surface area contributed by atoms with Gasteiger partial charge in [0.15, 0.2) is 5.03 Å². The van der Waals surface area contributed by atoms with Gasteiger partial charge in [-0.05, 0) is 11.6 Å². The van der Waals surface area contributed by atoms with E-state index in [1.54, 1.807) is 24.3 Å². The van der Waals surface area contributed by atoms with E-state index in [-0.39, 0.29) is 17.4 Å². The lowest BCUT2D eigenvalue weighted by molar-refractivity contribution is 0.578. The Labute approximate surface area is 123 Å². The van der Waals surface area contributed by atoms with Gasteiger partial charge in [-0.1, -0.05) is 25.1 Å². The molecule has 0 saturated heterocycles. The van der Waals surface area contributed by atoms with Crippen LogP contribution in [0.15, 0.2) is 35.5 Å². The largest absolute Gasteiger partial charge is 0.384 e. The van der Waals surface area contributed by atoms with Crippen LogP contribution in [-0.4, -0.2) is 24.2 Å². The summed E-state index contributed by atoms with van der Waals surface area (Å²) in [6.45, 7) is 2.00. The summed E-state index contributed by atoms with van der Waals surface area (Å²) in [6.07, 6.45) is 1.93. The average molecular weight is 307 g/mol. The first-order valence-corrected chi connectivity index (χ1v) is 7.87. The van der Waals surface area contributed by atoms with Crippen molar-refractivity contribution in [2.45, 2.75) is 24.9 Å². The number of nitrogens with one attached hydrogen (secondary N) is 3. The third-order valence-electron chi connectivity index (χ3n) is 2.93. The fraction of sp³-hybridized carbons (Fsp3) is 0.231. The minimum absolute atomic E-state index is 0.0436. The first kappa shape index (κ1) is 15.2. The predicted molar refractivity (Wildman–Crippen MR) is 79.4 cm³/mol. The van der Waals surface area contributed by atoms with E-state index in [2.05, 4.69) is 14.7 Å². The summed E-state index contributed by atoms with van der Waals surface area (Å²) < 4.78 is 26.7. The fourth-order valence-corrected chi connectivity index (χ4v) is 2.72. The Morgan fingerprint density at radius 3 is 2.86 bits per heavy atom. The zero-order valence-electron chi connectivity index (χ0n) is 11.6. The van der Waals surface area contributed by atoms with E-state index in [1.165, 1.54) is 6.20 Å². The Morgan fingerprint density at radius 2 is 2.24 bits per heavy atom. The Morgan fingerprint density at radius 1 is 1.48 bits per heavy atom. The summed E-state index contributed by atoms with van der Waals surface area (Å²) in [6, 6.07) is 6.86. The number of hydrogen-bond donors (Lipinski definition) is 4. The molecule has 1 aromatic carbocycles. The number of amidine groups is 1. The van der Waals surface area contributed by atoms with Crippen molar-refractivity contribution in [3.05, 3.63) is 47.4 Å².